The number of carboxylic acids is 1. The van der Waals surface area contributed by atoms with Gasteiger partial charge in [0.15, 0.2) is 11.5 Å². The van der Waals surface area contributed by atoms with Gasteiger partial charge in [-0.2, -0.15) is 0 Å². The van der Waals surface area contributed by atoms with Crippen LogP contribution in [0.1, 0.15) is 22.8 Å². The lowest BCUT2D eigenvalue weighted by molar-refractivity contribution is 0.0694. The van der Waals surface area contributed by atoms with E-state index in [0.29, 0.717) is 5.56 Å². The Hall–Kier alpha value is -1.75. The zero-order chi connectivity index (χ0) is 12.3. The predicted octanol–water partition coefficient (Wildman–Crippen LogP) is 1.02. The second-order valence-corrected chi connectivity index (χ2v) is 3.50. The number of aromatic hydroxyl groups is 1. The van der Waals surface area contributed by atoms with Crippen molar-refractivity contribution in [2.45, 2.75) is 19.4 Å². The van der Waals surface area contributed by atoms with Gasteiger partial charge in [-0.3, -0.25) is 0 Å². The molecule has 5 nitrogen and oxygen atoms in total. The Morgan fingerprint density at radius 3 is 2.56 bits per heavy atom. The number of phenols is 1. The fourth-order valence-electron chi connectivity index (χ4n) is 1.54. The summed E-state index contributed by atoms with van der Waals surface area (Å²) in [6.07, 6.45) is -0.604. The van der Waals surface area contributed by atoms with Crippen LogP contribution in [0.15, 0.2) is 12.1 Å². The summed E-state index contributed by atoms with van der Waals surface area (Å²) in [5, 5.41) is 27.8. The molecule has 0 saturated carbocycles. The lowest BCUT2D eigenvalue weighted by Gasteiger charge is -2.14. The second kappa shape index (κ2) is 4.85. The highest BCUT2D eigenvalue weighted by Gasteiger charge is 2.19. The lowest BCUT2D eigenvalue weighted by atomic mass is 10.00. The zero-order valence-corrected chi connectivity index (χ0v) is 9.10. The number of aliphatic hydroxyl groups excluding tert-OH is 1. The monoisotopic (exact) mass is 226 g/mol. The number of rotatable bonds is 4. The van der Waals surface area contributed by atoms with Crippen LogP contribution in [0.25, 0.3) is 0 Å². The lowest BCUT2D eigenvalue weighted by Crippen LogP contribution is -2.11. The van der Waals surface area contributed by atoms with Gasteiger partial charge >= 0.3 is 5.97 Å². The van der Waals surface area contributed by atoms with Crippen molar-refractivity contribution in [3.05, 3.63) is 23.3 Å². The predicted molar refractivity (Wildman–Crippen MR) is 57.0 cm³/mol. The molecule has 1 aromatic carbocycles. The molecule has 88 valence electrons. The molecule has 0 bridgehead atoms. The van der Waals surface area contributed by atoms with Crippen molar-refractivity contribution < 1.29 is 24.9 Å². The van der Waals surface area contributed by atoms with Crippen LogP contribution in [0.2, 0.25) is 0 Å². The van der Waals surface area contributed by atoms with Gasteiger partial charge in [-0.1, -0.05) is 0 Å². The number of phenolic OH excluding ortho intramolecular Hbond substituents is 1. The van der Waals surface area contributed by atoms with Crippen LogP contribution in [0.4, 0.5) is 0 Å². The number of hydrogen-bond donors (Lipinski definition) is 3. The average molecular weight is 226 g/mol. The van der Waals surface area contributed by atoms with Gasteiger partial charge in [0.25, 0.3) is 0 Å². The molecule has 1 rings (SSSR count). The van der Waals surface area contributed by atoms with Crippen molar-refractivity contribution in [3.63, 3.8) is 0 Å². The second-order valence-electron chi connectivity index (χ2n) is 3.50. The molecule has 5 heteroatoms. The van der Waals surface area contributed by atoms with E-state index in [2.05, 4.69) is 0 Å². The van der Waals surface area contributed by atoms with Gasteiger partial charge in [-0.25, -0.2) is 4.79 Å². The van der Waals surface area contributed by atoms with E-state index in [1.165, 1.54) is 26.2 Å². The van der Waals surface area contributed by atoms with E-state index in [9.17, 15) is 15.0 Å². The van der Waals surface area contributed by atoms with Gasteiger partial charge in [0.05, 0.1) is 18.8 Å². The summed E-state index contributed by atoms with van der Waals surface area (Å²) in [4.78, 5) is 11.0. The number of ether oxygens (including phenoxy) is 1. The number of aliphatic hydroxyl groups is 1. The number of benzene rings is 1. The van der Waals surface area contributed by atoms with Crippen molar-refractivity contribution >= 4 is 5.97 Å². The highest BCUT2D eigenvalue weighted by Crippen LogP contribution is 2.33. The van der Waals surface area contributed by atoms with Crippen LogP contribution in [-0.2, 0) is 6.42 Å². The van der Waals surface area contributed by atoms with Crippen LogP contribution in [0.3, 0.4) is 0 Å². The maximum absolute atomic E-state index is 11.0. The van der Waals surface area contributed by atoms with E-state index in [0.717, 1.165) is 0 Å². The third-order valence-corrected chi connectivity index (χ3v) is 2.17. The topological polar surface area (TPSA) is 87.0 Å². The van der Waals surface area contributed by atoms with Gasteiger partial charge in [-0.15, -0.1) is 0 Å². The Labute approximate surface area is 92.9 Å². The van der Waals surface area contributed by atoms with Gasteiger partial charge in [0.1, 0.15) is 0 Å². The summed E-state index contributed by atoms with van der Waals surface area (Å²) in [7, 11) is 1.34. The molecule has 0 aliphatic rings. The normalized spacial score (nSPS) is 12.2. The zero-order valence-electron chi connectivity index (χ0n) is 9.10. The van der Waals surface area contributed by atoms with Crippen LogP contribution < -0.4 is 4.74 Å². The first-order chi connectivity index (χ1) is 7.47. The number of aromatic carboxylic acids is 1. The quantitative estimate of drug-likeness (QED) is 0.713. The summed E-state index contributed by atoms with van der Waals surface area (Å²) in [5.74, 6) is -1.15. The molecule has 0 spiro atoms. The summed E-state index contributed by atoms with van der Waals surface area (Å²) >= 11 is 0. The molecule has 1 atom stereocenters. The van der Waals surface area contributed by atoms with E-state index in [-0.39, 0.29) is 23.5 Å². The van der Waals surface area contributed by atoms with Gasteiger partial charge in [0, 0.05) is 12.0 Å². The third kappa shape index (κ3) is 2.43. The van der Waals surface area contributed by atoms with Crippen molar-refractivity contribution in [2.24, 2.45) is 0 Å². The van der Waals surface area contributed by atoms with Crippen molar-refractivity contribution in [1.29, 1.82) is 0 Å². The highest BCUT2D eigenvalue weighted by molar-refractivity contribution is 5.90. The van der Waals surface area contributed by atoms with E-state index < -0.39 is 12.1 Å². The summed E-state index contributed by atoms with van der Waals surface area (Å²) in [6.45, 7) is 1.54. The third-order valence-electron chi connectivity index (χ3n) is 2.17. The van der Waals surface area contributed by atoms with Crippen molar-refractivity contribution in [2.75, 3.05) is 7.11 Å². The molecule has 0 heterocycles. The maximum Gasteiger partial charge on any atom is 0.336 e. The van der Waals surface area contributed by atoms with E-state index >= 15 is 0 Å². The van der Waals surface area contributed by atoms with Crippen LogP contribution >= 0.6 is 0 Å². The van der Waals surface area contributed by atoms with Crippen molar-refractivity contribution in [1.82, 2.24) is 0 Å². The van der Waals surface area contributed by atoms with Gasteiger partial charge in [-0.05, 0) is 19.1 Å². The molecule has 1 aromatic rings. The highest BCUT2D eigenvalue weighted by atomic mass is 16.5. The van der Waals surface area contributed by atoms with E-state index in [1.807, 2.05) is 0 Å². The first kappa shape index (κ1) is 12.3. The SMILES string of the molecule is COc1c(O)ccc(C(=O)O)c1CC(C)O. The largest absolute Gasteiger partial charge is 0.504 e. The number of methoxy groups -OCH3 is 1. The molecule has 0 amide bonds. The van der Waals surface area contributed by atoms with Gasteiger partial charge < -0.3 is 20.1 Å². The summed E-state index contributed by atoms with van der Waals surface area (Å²) < 4.78 is 4.94. The first-order valence-corrected chi connectivity index (χ1v) is 4.77. The Bertz CT molecular complexity index is 398. The fraction of sp³-hybridized carbons (Fsp3) is 0.364. The first-order valence-electron chi connectivity index (χ1n) is 4.77. The number of carbonyl (C=O) groups is 1. The molecular formula is C11H14O5. The summed E-state index contributed by atoms with van der Waals surface area (Å²) in [6, 6.07) is 2.55. The summed E-state index contributed by atoms with van der Waals surface area (Å²) in [5.41, 5.74) is 0.320. The minimum absolute atomic E-state index is 0.0237. The molecule has 0 radical (unpaired) electrons. The Kier molecular flexibility index (Phi) is 3.73. The fourth-order valence-corrected chi connectivity index (χ4v) is 1.54. The Morgan fingerprint density at radius 1 is 1.50 bits per heavy atom. The molecule has 16 heavy (non-hydrogen) atoms. The molecule has 1 unspecified atom stereocenters. The molecular weight excluding hydrogens is 212 g/mol. The van der Waals surface area contributed by atoms with E-state index in [4.69, 9.17) is 9.84 Å². The Morgan fingerprint density at radius 2 is 2.12 bits per heavy atom. The number of hydrogen-bond acceptors (Lipinski definition) is 4. The van der Waals surface area contributed by atoms with Crippen LogP contribution in [0.5, 0.6) is 11.5 Å². The molecule has 0 fully saturated rings. The van der Waals surface area contributed by atoms with Crippen molar-refractivity contribution in [3.8, 4) is 11.5 Å². The van der Waals surface area contributed by atoms with Gasteiger partial charge in [0.2, 0.25) is 0 Å². The van der Waals surface area contributed by atoms with Crippen LogP contribution in [-0.4, -0.2) is 34.5 Å². The number of carboxylic acid groups (broad SMARTS) is 1. The molecule has 0 aliphatic heterocycles. The Balaban J connectivity index is 3.34. The molecule has 3 N–H and O–H groups in total. The maximum atomic E-state index is 11.0. The standard InChI is InChI=1S/C11H14O5/c1-6(12)5-8-7(11(14)15)3-4-9(13)10(8)16-2/h3-4,6,12-13H,5H2,1-2H3,(H,14,15). The molecule has 0 saturated heterocycles. The minimum Gasteiger partial charge on any atom is -0.504 e. The van der Waals surface area contributed by atoms with Crippen LogP contribution in [0, 0.1) is 0 Å². The smallest absolute Gasteiger partial charge is 0.336 e. The molecule has 0 aliphatic carbocycles. The van der Waals surface area contributed by atoms with E-state index in [1.54, 1.807) is 0 Å². The average Bonchev–Trinajstić information content (AvgIpc) is 2.16. The minimum atomic E-state index is -1.12. The molecule has 0 aromatic heterocycles.